The molecule has 1 aromatic rings. The van der Waals surface area contributed by atoms with Crippen LogP contribution in [0.5, 0.6) is 0 Å². The third kappa shape index (κ3) is 2.13. The summed E-state index contributed by atoms with van der Waals surface area (Å²) in [6, 6.07) is 3.89. The summed E-state index contributed by atoms with van der Waals surface area (Å²) in [5.74, 6) is 1.05. The van der Waals surface area contributed by atoms with Crippen LogP contribution in [-0.4, -0.2) is 36.2 Å². The van der Waals surface area contributed by atoms with E-state index in [-0.39, 0.29) is 11.8 Å². The maximum absolute atomic E-state index is 11.5. The van der Waals surface area contributed by atoms with Crippen LogP contribution in [0.25, 0.3) is 0 Å². The second kappa shape index (κ2) is 4.47. The maximum Gasteiger partial charge on any atom is 0.224 e. The first-order valence-electron chi connectivity index (χ1n) is 5.47. The molecule has 1 amide bonds. The fraction of sp³-hybridized carbons (Fsp3) is 0.545. The minimum Gasteiger partial charge on any atom is -0.359 e. The Kier molecular flexibility index (Phi) is 3.03. The van der Waals surface area contributed by atoms with Gasteiger partial charge in [-0.15, -0.1) is 5.10 Å². The zero-order valence-corrected chi connectivity index (χ0v) is 9.60. The van der Waals surface area contributed by atoms with Crippen LogP contribution in [0.2, 0.25) is 0 Å². The van der Waals surface area contributed by atoms with Crippen LogP contribution in [0.3, 0.4) is 0 Å². The van der Waals surface area contributed by atoms with E-state index in [0.29, 0.717) is 0 Å². The van der Waals surface area contributed by atoms with Gasteiger partial charge in [0, 0.05) is 20.1 Å². The standard InChI is InChI=1S/C11H16N4O/c1-8-3-4-10(14-13-8)15-6-5-9(7-15)11(16)12-2/h3-4,9H,5-7H2,1-2H3,(H,12,16)/t9-/m1/s1. The molecule has 0 bridgehead atoms. The Morgan fingerprint density at radius 2 is 2.31 bits per heavy atom. The molecular weight excluding hydrogens is 204 g/mol. The van der Waals surface area contributed by atoms with E-state index in [1.807, 2.05) is 19.1 Å². The highest BCUT2D eigenvalue weighted by molar-refractivity contribution is 5.79. The molecule has 1 saturated heterocycles. The van der Waals surface area contributed by atoms with Crippen molar-refractivity contribution in [3.63, 3.8) is 0 Å². The molecule has 0 unspecified atom stereocenters. The normalized spacial score (nSPS) is 19.9. The first-order chi connectivity index (χ1) is 7.70. The number of carbonyl (C=O) groups is 1. The van der Waals surface area contributed by atoms with Crippen molar-refractivity contribution >= 4 is 11.7 Å². The average molecular weight is 220 g/mol. The Bertz CT molecular complexity index is 376. The number of rotatable bonds is 2. The number of anilines is 1. The number of aryl methyl sites for hydroxylation is 1. The lowest BCUT2D eigenvalue weighted by Gasteiger charge is -2.16. The topological polar surface area (TPSA) is 58.1 Å². The van der Waals surface area contributed by atoms with Crippen molar-refractivity contribution in [1.29, 1.82) is 0 Å². The Balaban J connectivity index is 2.03. The monoisotopic (exact) mass is 220 g/mol. The van der Waals surface area contributed by atoms with Crippen LogP contribution in [0.15, 0.2) is 12.1 Å². The smallest absolute Gasteiger partial charge is 0.224 e. The summed E-state index contributed by atoms with van der Waals surface area (Å²) >= 11 is 0. The SMILES string of the molecule is CNC(=O)[C@@H]1CCN(c2ccc(C)nn2)C1. The average Bonchev–Trinajstić information content (AvgIpc) is 2.78. The molecule has 0 aliphatic carbocycles. The molecule has 1 aliphatic rings. The minimum absolute atomic E-state index is 0.0769. The fourth-order valence-corrected chi connectivity index (χ4v) is 1.95. The molecule has 0 saturated carbocycles. The van der Waals surface area contributed by atoms with Gasteiger partial charge in [-0.05, 0) is 25.5 Å². The molecule has 2 rings (SSSR count). The van der Waals surface area contributed by atoms with E-state index < -0.39 is 0 Å². The predicted molar refractivity (Wildman–Crippen MR) is 61.2 cm³/mol. The van der Waals surface area contributed by atoms with Gasteiger partial charge in [-0.3, -0.25) is 4.79 Å². The van der Waals surface area contributed by atoms with Crippen molar-refractivity contribution in [2.45, 2.75) is 13.3 Å². The number of hydrogen-bond donors (Lipinski definition) is 1. The quantitative estimate of drug-likeness (QED) is 0.781. The van der Waals surface area contributed by atoms with Crippen molar-refractivity contribution in [2.75, 3.05) is 25.0 Å². The molecule has 1 fully saturated rings. The van der Waals surface area contributed by atoms with Crippen LogP contribution in [0.1, 0.15) is 12.1 Å². The molecule has 5 heteroatoms. The van der Waals surface area contributed by atoms with Gasteiger partial charge < -0.3 is 10.2 Å². The van der Waals surface area contributed by atoms with E-state index in [1.54, 1.807) is 7.05 Å². The highest BCUT2D eigenvalue weighted by Crippen LogP contribution is 2.21. The van der Waals surface area contributed by atoms with Gasteiger partial charge in [0.1, 0.15) is 0 Å². The predicted octanol–water partition coefficient (Wildman–Crippen LogP) is 0.357. The second-order valence-electron chi connectivity index (χ2n) is 4.08. The third-order valence-electron chi connectivity index (χ3n) is 2.91. The Labute approximate surface area is 94.9 Å². The second-order valence-corrected chi connectivity index (χ2v) is 4.08. The number of carbonyl (C=O) groups excluding carboxylic acids is 1. The number of nitrogens with one attached hydrogen (secondary N) is 1. The summed E-state index contributed by atoms with van der Waals surface area (Å²) in [4.78, 5) is 13.6. The molecule has 0 radical (unpaired) electrons. The van der Waals surface area contributed by atoms with E-state index in [1.165, 1.54) is 0 Å². The Hall–Kier alpha value is -1.65. The van der Waals surface area contributed by atoms with Gasteiger partial charge in [0.15, 0.2) is 5.82 Å². The fourth-order valence-electron chi connectivity index (χ4n) is 1.95. The molecule has 1 aliphatic heterocycles. The van der Waals surface area contributed by atoms with Crippen LogP contribution in [0.4, 0.5) is 5.82 Å². The molecule has 1 atom stereocenters. The van der Waals surface area contributed by atoms with Crippen LogP contribution in [-0.2, 0) is 4.79 Å². The highest BCUT2D eigenvalue weighted by atomic mass is 16.1. The summed E-state index contributed by atoms with van der Waals surface area (Å²) in [6.07, 6.45) is 0.884. The van der Waals surface area contributed by atoms with Gasteiger partial charge in [0.25, 0.3) is 0 Å². The molecular formula is C11H16N4O. The largest absolute Gasteiger partial charge is 0.359 e. The van der Waals surface area contributed by atoms with Gasteiger partial charge in [0.2, 0.25) is 5.91 Å². The summed E-state index contributed by atoms with van der Waals surface area (Å²) in [6.45, 7) is 3.52. The van der Waals surface area contributed by atoms with E-state index in [9.17, 15) is 4.79 Å². The lowest BCUT2D eigenvalue weighted by atomic mass is 10.1. The lowest BCUT2D eigenvalue weighted by Crippen LogP contribution is -2.30. The zero-order valence-electron chi connectivity index (χ0n) is 9.60. The van der Waals surface area contributed by atoms with Gasteiger partial charge in [-0.25, -0.2) is 0 Å². The number of nitrogens with zero attached hydrogens (tertiary/aromatic N) is 3. The summed E-state index contributed by atoms with van der Waals surface area (Å²) < 4.78 is 0. The molecule has 16 heavy (non-hydrogen) atoms. The van der Waals surface area contributed by atoms with E-state index in [2.05, 4.69) is 20.4 Å². The van der Waals surface area contributed by atoms with E-state index in [4.69, 9.17) is 0 Å². The summed E-state index contributed by atoms with van der Waals surface area (Å²) in [5, 5.41) is 10.8. The van der Waals surface area contributed by atoms with Gasteiger partial charge in [-0.1, -0.05) is 0 Å². The molecule has 0 spiro atoms. The molecule has 1 N–H and O–H groups in total. The molecule has 0 aromatic carbocycles. The van der Waals surface area contributed by atoms with Gasteiger partial charge >= 0.3 is 0 Å². The van der Waals surface area contributed by atoms with E-state index in [0.717, 1.165) is 31.0 Å². The van der Waals surface area contributed by atoms with Crippen molar-refractivity contribution in [1.82, 2.24) is 15.5 Å². The molecule has 5 nitrogen and oxygen atoms in total. The number of aromatic nitrogens is 2. The summed E-state index contributed by atoms with van der Waals surface area (Å²) in [7, 11) is 1.68. The highest BCUT2D eigenvalue weighted by Gasteiger charge is 2.28. The molecule has 86 valence electrons. The Morgan fingerprint density at radius 3 is 2.94 bits per heavy atom. The van der Waals surface area contributed by atoms with Crippen molar-refractivity contribution in [3.05, 3.63) is 17.8 Å². The first-order valence-corrected chi connectivity index (χ1v) is 5.47. The first kappa shape index (κ1) is 10.9. The van der Waals surface area contributed by atoms with Crippen LogP contribution < -0.4 is 10.2 Å². The van der Waals surface area contributed by atoms with Gasteiger partial charge in [0.05, 0.1) is 11.6 Å². The van der Waals surface area contributed by atoms with Gasteiger partial charge in [-0.2, -0.15) is 5.10 Å². The molecule has 1 aromatic heterocycles. The minimum atomic E-state index is 0.0769. The summed E-state index contributed by atoms with van der Waals surface area (Å²) in [5.41, 5.74) is 0.908. The lowest BCUT2D eigenvalue weighted by molar-refractivity contribution is -0.123. The third-order valence-corrected chi connectivity index (χ3v) is 2.91. The van der Waals surface area contributed by atoms with Crippen molar-refractivity contribution in [3.8, 4) is 0 Å². The number of hydrogen-bond acceptors (Lipinski definition) is 4. The van der Waals surface area contributed by atoms with E-state index >= 15 is 0 Å². The van der Waals surface area contributed by atoms with Crippen molar-refractivity contribution in [2.24, 2.45) is 5.92 Å². The Morgan fingerprint density at radius 1 is 1.50 bits per heavy atom. The zero-order chi connectivity index (χ0) is 11.5. The van der Waals surface area contributed by atoms with Crippen molar-refractivity contribution < 1.29 is 4.79 Å². The molecule has 2 heterocycles. The van der Waals surface area contributed by atoms with Crippen LogP contribution >= 0.6 is 0 Å². The maximum atomic E-state index is 11.5. The number of amides is 1. The van der Waals surface area contributed by atoms with Crippen LogP contribution in [0, 0.1) is 12.8 Å².